The lowest BCUT2D eigenvalue weighted by Gasteiger charge is -2.05. The molecule has 0 radical (unpaired) electrons. The summed E-state index contributed by atoms with van der Waals surface area (Å²) in [7, 11) is 3.78. The van der Waals surface area contributed by atoms with E-state index in [1.165, 1.54) is 21.8 Å². The molecule has 1 aromatic carbocycles. The maximum absolute atomic E-state index is 5.36. The van der Waals surface area contributed by atoms with E-state index >= 15 is 0 Å². The lowest BCUT2D eigenvalue weighted by Crippen LogP contribution is -2.26. The van der Waals surface area contributed by atoms with E-state index in [-0.39, 0.29) is 0 Å². The van der Waals surface area contributed by atoms with Gasteiger partial charge in [-0.2, -0.15) is 0 Å². The predicted octanol–water partition coefficient (Wildman–Crippen LogP) is 3.04. The van der Waals surface area contributed by atoms with Crippen molar-refractivity contribution in [1.82, 2.24) is 4.57 Å². The molecule has 0 aliphatic heterocycles. The van der Waals surface area contributed by atoms with Crippen molar-refractivity contribution in [1.29, 1.82) is 0 Å². The molecule has 0 spiro atoms. The summed E-state index contributed by atoms with van der Waals surface area (Å²) in [6.45, 7) is 3.23. The van der Waals surface area contributed by atoms with Gasteiger partial charge in [0.15, 0.2) is 12.4 Å². The molecular weight excluding hydrogens is 236 g/mol. The zero-order valence-corrected chi connectivity index (χ0v) is 11.7. The number of hydrogen-bond donors (Lipinski definition) is 0. The fourth-order valence-electron chi connectivity index (χ4n) is 2.71. The fourth-order valence-corrected chi connectivity index (χ4v) is 2.71. The van der Waals surface area contributed by atoms with E-state index in [0.29, 0.717) is 0 Å². The first-order chi connectivity index (χ1) is 9.24. The minimum absolute atomic E-state index is 0.914. The van der Waals surface area contributed by atoms with E-state index in [1.807, 2.05) is 6.07 Å². The highest BCUT2D eigenvalue weighted by Crippen LogP contribution is 2.30. The first kappa shape index (κ1) is 12.0. The summed E-state index contributed by atoms with van der Waals surface area (Å²) >= 11 is 0. The van der Waals surface area contributed by atoms with Crippen molar-refractivity contribution in [2.24, 2.45) is 7.05 Å². The Bertz CT molecular complexity index is 743. The smallest absolute Gasteiger partial charge is 0.193 e. The molecule has 3 rings (SSSR count). The second-order valence-electron chi connectivity index (χ2n) is 4.94. The number of benzene rings is 1. The van der Waals surface area contributed by atoms with Crippen LogP contribution < -0.4 is 9.30 Å². The second kappa shape index (κ2) is 4.57. The number of aryl methyl sites for hydroxylation is 2. The number of ether oxygens (including phenoxy) is 1. The van der Waals surface area contributed by atoms with Gasteiger partial charge in [0, 0.05) is 29.4 Å². The van der Waals surface area contributed by atoms with Gasteiger partial charge in [0.2, 0.25) is 0 Å². The van der Waals surface area contributed by atoms with Crippen LogP contribution in [0.5, 0.6) is 5.75 Å². The number of methoxy groups -OCH3 is 1. The fraction of sp³-hybridized carbons (Fsp3) is 0.312. The van der Waals surface area contributed by atoms with Crippen LogP contribution in [0.4, 0.5) is 0 Å². The Hall–Kier alpha value is -2.03. The van der Waals surface area contributed by atoms with Crippen molar-refractivity contribution in [3.8, 4) is 5.75 Å². The highest BCUT2D eigenvalue weighted by atomic mass is 16.5. The van der Waals surface area contributed by atoms with Gasteiger partial charge in [0.25, 0.3) is 0 Å². The SMILES string of the molecule is CCCn1c2cc(OC)ccc2c2cc[n+](C)cc21. The summed E-state index contributed by atoms with van der Waals surface area (Å²) in [6.07, 6.45) is 5.41. The molecule has 0 saturated carbocycles. The molecule has 0 bridgehead atoms. The van der Waals surface area contributed by atoms with Crippen molar-refractivity contribution in [2.45, 2.75) is 19.9 Å². The van der Waals surface area contributed by atoms with Gasteiger partial charge in [-0.3, -0.25) is 0 Å². The Morgan fingerprint density at radius 3 is 2.68 bits per heavy atom. The Balaban J connectivity index is 2.42. The summed E-state index contributed by atoms with van der Waals surface area (Å²) in [4.78, 5) is 0. The van der Waals surface area contributed by atoms with Gasteiger partial charge in [-0.15, -0.1) is 0 Å². The summed E-state index contributed by atoms with van der Waals surface area (Å²) in [6, 6.07) is 8.51. The van der Waals surface area contributed by atoms with Crippen LogP contribution in [0.25, 0.3) is 21.8 Å². The third-order valence-electron chi connectivity index (χ3n) is 3.60. The van der Waals surface area contributed by atoms with Crippen LogP contribution in [0.15, 0.2) is 36.7 Å². The third kappa shape index (κ3) is 1.86. The molecule has 0 aliphatic rings. The van der Waals surface area contributed by atoms with Gasteiger partial charge in [-0.25, -0.2) is 4.57 Å². The molecule has 0 saturated heterocycles. The Morgan fingerprint density at radius 1 is 1.16 bits per heavy atom. The standard InChI is InChI=1S/C16H19N2O/c1-4-8-18-15-10-12(19-3)5-6-13(15)14-7-9-17(2)11-16(14)18/h5-7,9-11H,4,8H2,1-3H3/q+1. The molecule has 0 atom stereocenters. The summed E-state index contributed by atoms with van der Waals surface area (Å²) < 4.78 is 9.84. The molecule has 3 nitrogen and oxygen atoms in total. The van der Waals surface area contributed by atoms with Crippen molar-refractivity contribution >= 4 is 21.8 Å². The van der Waals surface area contributed by atoms with Crippen LogP contribution in [0.3, 0.4) is 0 Å². The number of hydrogen-bond acceptors (Lipinski definition) is 1. The van der Waals surface area contributed by atoms with E-state index < -0.39 is 0 Å². The number of pyridine rings is 1. The molecule has 3 heteroatoms. The van der Waals surface area contributed by atoms with E-state index in [9.17, 15) is 0 Å². The number of aromatic nitrogens is 2. The average molecular weight is 255 g/mol. The molecule has 0 N–H and O–H groups in total. The normalized spacial score (nSPS) is 11.3. The van der Waals surface area contributed by atoms with E-state index in [1.54, 1.807) is 7.11 Å². The van der Waals surface area contributed by atoms with Crippen LogP contribution in [-0.4, -0.2) is 11.7 Å². The molecular formula is C16H19N2O+. The van der Waals surface area contributed by atoms with Gasteiger partial charge in [0.1, 0.15) is 18.3 Å². The quantitative estimate of drug-likeness (QED) is 0.658. The van der Waals surface area contributed by atoms with Crippen LogP contribution in [0, 0.1) is 0 Å². The van der Waals surface area contributed by atoms with Gasteiger partial charge in [-0.1, -0.05) is 6.92 Å². The van der Waals surface area contributed by atoms with Crippen molar-refractivity contribution < 1.29 is 9.30 Å². The average Bonchev–Trinajstić information content (AvgIpc) is 2.72. The summed E-state index contributed by atoms with van der Waals surface area (Å²) in [5.41, 5.74) is 2.54. The van der Waals surface area contributed by atoms with Crippen molar-refractivity contribution in [2.75, 3.05) is 7.11 Å². The Labute approximate surface area is 113 Å². The maximum Gasteiger partial charge on any atom is 0.193 e. The molecule has 3 aromatic rings. The minimum Gasteiger partial charge on any atom is -0.497 e. The van der Waals surface area contributed by atoms with Crippen molar-refractivity contribution in [3.05, 3.63) is 36.7 Å². The third-order valence-corrected chi connectivity index (χ3v) is 3.60. The van der Waals surface area contributed by atoms with Crippen LogP contribution in [0.1, 0.15) is 13.3 Å². The molecule has 0 fully saturated rings. The maximum atomic E-state index is 5.36. The topological polar surface area (TPSA) is 18.0 Å². The summed E-state index contributed by atoms with van der Waals surface area (Å²) in [5.74, 6) is 0.914. The molecule has 19 heavy (non-hydrogen) atoms. The first-order valence-corrected chi connectivity index (χ1v) is 6.70. The zero-order chi connectivity index (χ0) is 13.4. The first-order valence-electron chi connectivity index (χ1n) is 6.70. The van der Waals surface area contributed by atoms with Gasteiger partial charge in [-0.05, 0) is 18.6 Å². The Morgan fingerprint density at radius 2 is 1.95 bits per heavy atom. The molecule has 98 valence electrons. The van der Waals surface area contributed by atoms with Crippen molar-refractivity contribution in [3.63, 3.8) is 0 Å². The predicted molar refractivity (Wildman–Crippen MR) is 77.5 cm³/mol. The van der Waals surface area contributed by atoms with Crippen LogP contribution in [0.2, 0.25) is 0 Å². The molecule has 0 unspecified atom stereocenters. The zero-order valence-electron chi connectivity index (χ0n) is 11.7. The van der Waals surface area contributed by atoms with Crippen LogP contribution >= 0.6 is 0 Å². The largest absolute Gasteiger partial charge is 0.497 e. The molecule has 2 aromatic heterocycles. The second-order valence-corrected chi connectivity index (χ2v) is 4.94. The molecule has 0 amide bonds. The lowest BCUT2D eigenvalue weighted by atomic mass is 10.2. The minimum atomic E-state index is 0.914. The van der Waals surface area contributed by atoms with E-state index in [0.717, 1.165) is 18.7 Å². The van der Waals surface area contributed by atoms with Gasteiger partial charge < -0.3 is 9.30 Å². The number of rotatable bonds is 3. The van der Waals surface area contributed by atoms with Gasteiger partial charge in [0.05, 0.1) is 12.6 Å². The number of fused-ring (bicyclic) bond motifs is 3. The molecule has 0 aliphatic carbocycles. The van der Waals surface area contributed by atoms with Crippen LogP contribution in [-0.2, 0) is 13.6 Å². The highest BCUT2D eigenvalue weighted by molar-refractivity contribution is 6.07. The number of nitrogens with zero attached hydrogens (tertiary/aromatic N) is 2. The lowest BCUT2D eigenvalue weighted by molar-refractivity contribution is -0.670. The summed E-state index contributed by atoms with van der Waals surface area (Å²) in [5, 5.41) is 2.61. The highest BCUT2D eigenvalue weighted by Gasteiger charge is 2.13. The van der Waals surface area contributed by atoms with E-state index in [4.69, 9.17) is 4.74 Å². The van der Waals surface area contributed by atoms with E-state index in [2.05, 4.69) is 53.7 Å². The molecule has 2 heterocycles. The monoisotopic (exact) mass is 255 g/mol. The van der Waals surface area contributed by atoms with Gasteiger partial charge >= 0.3 is 0 Å². The Kier molecular flexibility index (Phi) is 2.90.